The van der Waals surface area contributed by atoms with Crippen molar-refractivity contribution in [3.63, 3.8) is 0 Å². The fraction of sp³-hybridized carbons (Fsp3) is 0.444. The molecule has 0 aromatic carbocycles. The SMILES string of the molecule is C/C(F)=C\n1cc(CNc2nc(C)c3c(n2)N(C)C(C(C)C)C(=O)N3)cn1. The van der Waals surface area contributed by atoms with Crippen LogP contribution in [-0.2, 0) is 11.3 Å². The predicted molar refractivity (Wildman–Crippen MR) is 103 cm³/mol. The third-order valence-corrected chi connectivity index (χ3v) is 4.39. The lowest BCUT2D eigenvalue weighted by Crippen LogP contribution is -2.49. The van der Waals surface area contributed by atoms with Crippen LogP contribution in [0.3, 0.4) is 0 Å². The Kier molecular flexibility index (Phi) is 5.11. The van der Waals surface area contributed by atoms with E-state index in [2.05, 4.69) is 25.7 Å². The van der Waals surface area contributed by atoms with Crippen LogP contribution in [-0.4, -0.2) is 38.7 Å². The molecule has 27 heavy (non-hydrogen) atoms. The van der Waals surface area contributed by atoms with Gasteiger partial charge in [-0.1, -0.05) is 13.8 Å². The first-order chi connectivity index (χ1) is 12.8. The number of rotatable bonds is 5. The number of likely N-dealkylation sites (N-methyl/N-ethyl adjacent to an activating group) is 1. The summed E-state index contributed by atoms with van der Waals surface area (Å²) in [5.74, 6) is 0.927. The van der Waals surface area contributed by atoms with Crippen molar-refractivity contribution in [3.8, 4) is 0 Å². The van der Waals surface area contributed by atoms with Crippen LogP contribution in [0.5, 0.6) is 0 Å². The maximum Gasteiger partial charge on any atom is 0.247 e. The Morgan fingerprint density at radius 2 is 2.19 bits per heavy atom. The van der Waals surface area contributed by atoms with Gasteiger partial charge in [-0.3, -0.25) is 4.79 Å². The zero-order valence-corrected chi connectivity index (χ0v) is 16.1. The van der Waals surface area contributed by atoms with E-state index in [1.807, 2.05) is 32.7 Å². The van der Waals surface area contributed by atoms with Crippen molar-refractivity contribution in [2.75, 3.05) is 22.6 Å². The van der Waals surface area contributed by atoms with Crippen LogP contribution in [0.15, 0.2) is 18.2 Å². The van der Waals surface area contributed by atoms with E-state index in [9.17, 15) is 9.18 Å². The second kappa shape index (κ2) is 7.34. The number of aryl methyl sites for hydroxylation is 1. The average Bonchev–Trinajstić information content (AvgIpc) is 3.00. The molecule has 1 amide bonds. The molecule has 8 nitrogen and oxygen atoms in total. The maximum atomic E-state index is 12.9. The number of anilines is 3. The van der Waals surface area contributed by atoms with Gasteiger partial charge in [0.05, 0.1) is 18.1 Å². The average molecular weight is 373 g/mol. The summed E-state index contributed by atoms with van der Waals surface area (Å²) in [6, 6.07) is -0.284. The number of amides is 1. The van der Waals surface area contributed by atoms with Gasteiger partial charge in [0.1, 0.15) is 17.6 Å². The van der Waals surface area contributed by atoms with Gasteiger partial charge in [0.15, 0.2) is 5.82 Å². The van der Waals surface area contributed by atoms with Crippen LogP contribution in [0.2, 0.25) is 0 Å². The number of carbonyl (C=O) groups excluding carboxylic acids is 1. The van der Waals surface area contributed by atoms with Gasteiger partial charge in [0.2, 0.25) is 11.9 Å². The lowest BCUT2D eigenvalue weighted by Gasteiger charge is -2.36. The summed E-state index contributed by atoms with van der Waals surface area (Å²) < 4.78 is 14.4. The van der Waals surface area contributed by atoms with Crippen LogP contribution < -0.4 is 15.5 Å². The quantitative estimate of drug-likeness (QED) is 0.838. The number of hydrogen-bond acceptors (Lipinski definition) is 6. The standard InChI is InChI=1S/C18H24FN7O/c1-10(2)15-17(27)23-14-12(4)22-18(24-16(14)25(15)5)20-6-13-7-21-26(9-13)8-11(3)19/h7-10,15H,6H2,1-5H3,(H,23,27)(H,20,22,24)/b11-8+. The minimum atomic E-state index is -0.323. The fourth-order valence-corrected chi connectivity index (χ4v) is 3.20. The van der Waals surface area contributed by atoms with Crippen molar-refractivity contribution >= 4 is 29.6 Å². The monoisotopic (exact) mass is 373 g/mol. The molecule has 1 aliphatic rings. The summed E-state index contributed by atoms with van der Waals surface area (Å²) in [6.07, 6.45) is 4.67. The number of nitrogens with one attached hydrogen (secondary N) is 2. The topological polar surface area (TPSA) is 88.0 Å². The normalized spacial score (nSPS) is 17.1. The number of fused-ring (bicyclic) bond motifs is 1. The van der Waals surface area contributed by atoms with Crippen molar-refractivity contribution < 1.29 is 9.18 Å². The summed E-state index contributed by atoms with van der Waals surface area (Å²) in [5.41, 5.74) is 2.20. The summed E-state index contributed by atoms with van der Waals surface area (Å²) in [5, 5.41) is 10.2. The minimum Gasteiger partial charge on any atom is -0.350 e. The van der Waals surface area contributed by atoms with E-state index in [0.29, 0.717) is 29.7 Å². The molecule has 2 aromatic rings. The molecule has 3 heterocycles. The molecule has 0 radical (unpaired) electrons. The van der Waals surface area contributed by atoms with E-state index in [4.69, 9.17) is 0 Å². The van der Waals surface area contributed by atoms with Crippen LogP contribution in [0.4, 0.5) is 21.8 Å². The Hall–Kier alpha value is -2.97. The summed E-state index contributed by atoms with van der Waals surface area (Å²) in [4.78, 5) is 23.3. The van der Waals surface area contributed by atoms with Crippen molar-refractivity contribution in [1.29, 1.82) is 0 Å². The molecule has 0 aliphatic carbocycles. The van der Waals surface area contributed by atoms with Gasteiger partial charge in [-0.05, 0) is 19.8 Å². The van der Waals surface area contributed by atoms with Crippen molar-refractivity contribution in [1.82, 2.24) is 19.7 Å². The second-order valence-corrected chi connectivity index (χ2v) is 7.02. The van der Waals surface area contributed by atoms with E-state index in [0.717, 1.165) is 5.56 Å². The molecular weight excluding hydrogens is 349 g/mol. The van der Waals surface area contributed by atoms with Gasteiger partial charge in [-0.15, -0.1) is 0 Å². The van der Waals surface area contributed by atoms with Gasteiger partial charge in [0, 0.05) is 25.4 Å². The molecule has 1 aliphatic heterocycles. The summed E-state index contributed by atoms with van der Waals surface area (Å²) in [7, 11) is 1.87. The van der Waals surface area contributed by atoms with Crippen molar-refractivity contribution in [2.24, 2.45) is 5.92 Å². The molecule has 1 atom stereocenters. The van der Waals surface area contributed by atoms with Gasteiger partial charge >= 0.3 is 0 Å². The number of allylic oxidation sites excluding steroid dienone is 1. The van der Waals surface area contributed by atoms with E-state index in [1.165, 1.54) is 17.8 Å². The molecule has 2 aromatic heterocycles. The van der Waals surface area contributed by atoms with Gasteiger partial charge in [0.25, 0.3) is 0 Å². The smallest absolute Gasteiger partial charge is 0.247 e. The Morgan fingerprint density at radius 1 is 1.44 bits per heavy atom. The molecule has 1 unspecified atom stereocenters. The molecule has 0 saturated carbocycles. The molecule has 144 valence electrons. The Balaban J connectivity index is 1.80. The Bertz CT molecular complexity index is 886. The lowest BCUT2D eigenvalue weighted by molar-refractivity contribution is -0.118. The molecular formula is C18H24FN7O. The van der Waals surface area contributed by atoms with Crippen molar-refractivity contribution in [2.45, 2.75) is 40.3 Å². The highest BCUT2D eigenvalue weighted by Crippen LogP contribution is 2.34. The number of hydrogen-bond donors (Lipinski definition) is 2. The largest absolute Gasteiger partial charge is 0.350 e. The first kappa shape index (κ1) is 18.8. The van der Waals surface area contributed by atoms with Gasteiger partial charge in [-0.25, -0.2) is 14.1 Å². The Labute approximate surface area is 157 Å². The summed E-state index contributed by atoms with van der Waals surface area (Å²) in [6.45, 7) is 7.65. The van der Waals surface area contributed by atoms with Crippen LogP contribution in [0, 0.1) is 12.8 Å². The first-order valence-corrected chi connectivity index (χ1v) is 8.79. The molecule has 0 bridgehead atoms. The Morgan fingerprint density at radius 3 is 2.85 bits per heavy atom. The van der Waals surface area contributed by atoms with Gasteiger partial charge in [-0.2, -0.15) is 10.1 Å². The third-order valence-electron chi connectivity index (χ3n) is 4.39. The van der Waals surface area contributed by atoms with E-state index >= 15 is 0 Å². The molecule has 0 spiro atoms. The highest BCUT2D eigenvalue weighted by Gasteiger charge is 2.35. The fourth-order valence-electron chi connectivity index (χ4n) is 3.20. The van der Waals surface area contributed by atoms with E-state index in [-0.39, 0.29) is 23.7 Å². The molecule has 3 rings (SSSR count). The number of nitrogens with zero attached hydrogens (tertiary/aromatic N) is 5. The van der Waals surface area contributed by atoms with Gasteiger partial charge < -0.3 is 15.5 Å². The molecule has 0 saturated heterocycles. The first-order valence-electron chi connectivity index (χ1n) is 8.79. The van der Waals surface area contributed by atoms with Crippen molar-refractivity contribution in [3.05, 3.63) is 29.5 Å². The highest BCUT2D eigenvalue weighted by molar-refractivity contribution is 6.03. The zero-order valence-electron chi connectivity index (χ0n) is 16.1. The number of carbonyl (C=O) groups is 1. The molecule has 0 fully saturated rings. The number of aromatic nitrogens is 4. The number of halogens is 1. The van der Waals surface area contributed by atoms with E-state index in [1.54, 1.807) is 12.4 Å². The second-order valence-electron chi connectivity index (χ2n) is 7.02. The predicted octanol–water partition coefficient (Wildman–Crippen LogP) is 2.79. The lowest BCUT2D eigenvalue weighted by atomic mass is 9.99. The third kappa shape index (κ3) is 3.91. The molecule has 2 N–H and O–H groups in total. The highest BCUT2D eigenvalue weighted by atomic mass is 19.1. The maximum absolute atomic E-state index is 12.9. The minimum absolute atomic E-state index is 0.0453. The summed E-state index contributed by atoms with van der Waals surface area (Å²) >= 11 is 0. The van der Waals surface area contributed by atoms with Crippen LogP contribution >= 0.6 is 0 Å². The molecule has 9 heteroatoms. The zero-order chi connectivity index (χ0) is 19.7. The van der Waals surface area contributed by atoms with Crippen LogP contribution in [0.1, 0.15) is 32.0 Å². The van der Waals surface area contributed by atoms with E-state index < -0.39 is 0 Å². The van der Waals surface area contributed by atoms with Crippen LogP contribution in [0.25, 0.3) is 6.20 Å².